The predicted octanol–water partition coefficient (Wildman–Crippen LogP) is 27.9. The number of para-hydroxylation sites is 1. The summed E-state index contributed by atoms with van der Waals surface area (Å²) in [5.74, 6) is -2.18. The standard InChI is InChI=1S/C21H15BrClNO4S.C21H11Cl3F3NO4S.C20H13BrCl2N2O4S.C18H11BrClN3O3S.C15H10BrCl2NO3S/c1-28-16-7-8-18-14(9-16)10-19(13-5-3-2-4-6-13)24(18)29(26,27)20-12-15(22)11-17(23)21(20)25;22-13-3-6-17-12(7-13)8-18(11-1-4-15(5-2-11)32-21(25,26)27)28(17)33(30,31)19-10-14(23)9-16(24)20(19)29;1-29-19-5-2-11(10-24-19)17-7-12-6-14(22)3-4-16(12)25(17)30(27,28)18-9-13(21)8-15(23)20(18)26;19-13-6-14(20)18(24)17(7-13)27(25,26)23-15-4-2-1-3-11(15)5-16(23)12-8-21-10-22-9-12;1-8-4-9-5-11(17)2-3-13(9)19(8)23(21,22)14-7-10(16)6-12(18)15(14)20/h2-12,25H,1H3;1-10,29H;2-10,26H,1H3;1-10,24H;2-7,20H,1H3. The number of aromatic nitrogens is 8. The number of nitrogens with zero attached hydrogens (tertiary/aromatic N) is 8. The smallest absolute Gasteiger partial charge is 0.505 e. The van der Waals surface area contributed by atoms with Crippen LogP contribution >= 0.6 is 168 Å². The molecule has 0 saturated heterocycles. The molecule has 0 atom stereocenters. The summed E-state index contributed by atoms with van der Waals surface area (Å²) in [6.45, 7) is 1.67. The van der Waals surface area contributed by atoms with Gasteiger partial charge >= 0.3 is 6.36 Å². The molecule has 12 aromatic carbocycles. The average molecular weight is 2460 g/mol. The van der Waals surface area contributed by atoms with Crippen LogP contribution in [0.5, 0.6) is 46.1 Å². The van der Waals surface area contributed by atoms with Gasteiger partial charge in [0.15, 0.2) is 28.7 Å². The Labute approximate surface area is 885 Å². The van der Waals surface area contributed by atoms with E-state index in [2.05, 4.69) is 83.4 Å². The molecule has 47 heteroatoms. The topological polar surface area (TPSA) is 363 Å². The molecule has 19 aromatic rings. The summed E-state index contributed by atoms with van der Waals surface area (Å²) >= 11 is 66.8. The van der Waals surface area contributed by atoms with E-state index >= 15 is 0 Å². The van der Waals surface area contributed by atoms with Crippen molar-refractivity contribution in [2.45, 2.75) is 37.8 Å². The number of pyridine rings is 1. The number of hydrogen-bond acceptors (Lipinski definition) is 21. The molecule has 0 amide bonds. The zero-order chi connectivity index (χ0) is 103. The highest BCUT2D eigenvalue weighted by molar-refractivity contribution is 9.11. The Kier molecular flexibility index (Phi) is 31.2. The van der Waals surface area contributed by atoms with Gasteiger partial charge in [-0.1, -0.05) is 217 Å². The van der Waals surface area contributed by atoms with Crippen LogP contribution < -0.4 is 14.2 Å². The second-order valence-electron chi connectivity index (χ2n) is 30.2. The van der Waals surface area contributed by atoms with Crippen molar-refractivity contribution in [1.82, 2.24) is 34.8 Å². The van der Waals surface area contributed by atoms with E-state index in [1.54, 1.807) is 117 Å². The molecule has 0 aliphatic carbocycles. The predicted molar refractivity (Wildman–Crippen MR) is 559 cm³/mol. The van der Waals surface area contributed by atoms with Crippen molar-refractivity contribution >= 4 is 273 Å². The van der Waals surface area contributed by atoms with Crippen molar-refractivity contribution in [2.24, 2.45) is 0 Å². The van der Waals surface area contributed by atoms with Gasteiger partial charge in [0.1, 0.15) is 42.3 Å². The number of phenols is 5. The maximum absolute atomic E-state index is 13.7. The van der Waals surface area contributed by atoms with Crippen LogP contribution in [0.25, 0.3) is 99.5 Å². The Hall–Kier alpha value is -11.0. The second kappa shape index (κ2) is 42.0. The van der Waals surface area contributed by atoms with E-state index in [0.717, 1.165) is 35.5 Å². The highest BCUT2D eigenvalue weighted by Crippen LogP contribution is 2.48. The van der Waals surface area contributed by atoms with Gasteiger partial charge < -0.3 is 39.7 Å². The lowest BCUT2D eigenvalue weighted by atomic mass is 10.1. The highest BCUT2D eigenvalue weighted by atomic mass is 79.9. The van der Waals surface area contributed by atoms with E-state index in [-0.39, 0.29) is 66.5 Å². The lowest BCUT2D eigenvalue weighted by molar-refractivity contribution is -0.274. The Morgan fingerprint density at radius 1 is 0.310 bits per heavy atom. The number of phenolic OH excluding ortho intramolecular Hbond substituents is 5. The van der Waals surface area contributed by atoms with E-state index in [4.69, 9.17) is 114 Å². The summed E-state index contributed by atoms with van der Waals surface area (Å²) < 4.78 is 194. The van der Waals surface area contributed by atoms with Crippen LogP contribution in [0.4, 0.5) is 13.2 Å². The molecule has 7 aromatic heterocycles. The lowest BCUT2D eigenvalue weighted by Crippen LogP contribution is -2.17. The molecule has 0 radical (unpaired) electrons. The van der Waals surface area contributed by atoms with Gasteiger partial charge in [0.25, 0.3) is 50.1 Å². The molecule has 0 saturated carbocycles. The molecule has 0 bridgehead atoms. The zero-order valence-corrected chi connectivity index (χ0v) is 89.0. The van der Waals surface area contributed by atoms with E-state index in [1.807, 2.05) is 42.5 Å². The minimum absolute atomic E-state index is 0.0221. The van der Waals surface area contributed by atoms with Crippen LogP contribution in [0, 0.1) is 6.92 Å². The van der Waals surface area contributed by atoms with Crippen LogP contribution in [0.2, 0.25) is 45.2 Å². The molecular weight excluding hydrogens is 2400 g/mol. The molecule has 0 unspecified atom stereocenters. The van der Waals surface area contributed by atoms with Crippen LogP contribution in [0.15, 0.2) is 322 Å². The fourth-order valence-corrected chi connectivity index (χ4v) is 28.5. The average Bonchev–Trinajstić information content (AvgIpc) is 1.58. The summed E-state index contributed by atoms with van der Waals surface area (Å²) in [6, 6.07) is 65.2. The van der Waals surface area contributed by atoms with Crippen LogP contribution in [0.1, 0.15) is 5.69 Å². The molecular formula is C95H60Br4Cl9F3N8O18S5. The third-order valence-electron chi connectivity index (χ3n) is 21.1. The number of rotatable bonds is 17. The Morgan fingerprint density at radius 3 is 1.05 bits per heavy atom. The molecule has 0 aliphatic heterocycles. The number of aromatic hydroxyl groups is 5. The molecule has 26 nitrogen and oxygen atoms in total. The number of alkyl halides is 3. The van der Waals surface area contributed by atoms with Gasteiger partial charge in [-0.05, 0) is 218 Å². The normalized spacial score (nSPS) is 11.9. The van der Waals surface area contributed by atoms with E-state index in [1.165, 1.54) is 131 Å². The molecule has 142 heavy (non-hydrogen) atoms. The molecule has 0 spiro atoms. The number of benzene rings is 12. The first-order chi connectivity index (χ1) is 67.0. The third kappa shape index (κ3) is 21.6. The SMILES string of the molecule is COc1ccc(-c2cc3cc(Cl)ccc3n2S(=O)(=O)c2cc(Br)cc(Cl)c2O)cn1.COc1ccc2c(c1)cc(-c1ccccc1)n2S(=O)(=O)c1cc(Br)cc(Cl)c1O.Cc1cc2cc(Cl)ccc2n1S(=O)(=O)c1cc(Br)cc(Cl)c1O.O=S(=O)(c1cc(Br)cc(Cl)c1O)n1c(-c2cncnc2)cc2ccccc21.O=S(=O)(c1cc(Cl)cc(Cl)c1O)n1c(-c2ccc(OC(F)(F)F)cc2)cc2cc(Cl)ccc21. The van der Waals surface area contributed by atoms with E-state index in [9.17, 15) is 80.8 Å². The largest absolute Gasteiger partial charge is 0.573 e. The summed E-state index contributed by atoms with van der Waals surface area (Å²) in [5.41, 5.74) is 5.81. The molecule has 0 aliphatic rings. The maximum Gasteiger partial charge on any atom is 0.573 e. The van der Waals surface area contributed by atoms with Gasteiger partial charge in [-0.3, -0.25) is 0 Å². The van der Waals surface area contributed by atoms with Gasteiger partial charge in [-0.2, -0.15) is 0 Å². The molecule has 7 heterocycles. The summed E-state index contributed by atoms with van der Waals surface area (Å²) in [6.07, 6.45) is 1.06. The second-order valence-corrected chi connectivity index (χ2v) is 46.4. The first kappa shape index (κ1) is 105. The zero-order valence-electron chi connectivity index (χ0n) is 71.8. The summed E-state index contributed by atoms with van der Waals surface area (Å²) in [7, 11) is -18.1. The number of halogens is 16. The number of hydrogen-bond donors (Lipinski definition) is 5. The molecule has 730 valence electrons. The minimum atomic E-state index is -4.88. The molecule has 0 fully saturated rings. The van der Waals surface area contributed by atoms with Crippen LogP contribution in [0.3, 0.4) is 0 Å². The number of ether oxygens (including phenoxy) is 3. The number of methoxy groups -OCH3 is 2. The van der Waals surface area contributed by atoms with Gasteiger partial charge in [0, 0.05) is 106 Å². The summed E-state index contributed by atoms with van der Waals surface area (Å²) in [4.78, 5) is 10.4. The first-order valence-corrected chi connectivity index (χ1v) is 53.8. The first-order valence-electron chi connectivity index (χ1n) is 40.1. The van der Waals surface area contributed by atoms with E-state index in [0.29, 0.717) is 128 Å². The lowest BCUT2D eigenvalue weighted by Gasteiger charge is -2.15. The van der Waals surface area contributed by atoms with Crippen LogP contribution in [-0.4, -0.2) is 123 Å². The van der Waals surface area contributed by atoms with Crippen molar-refractivity contribution < 1.29 is 95.0 Å². The van der Waals surface area contributed by atoms with Crippen molar-refractivity contribution in [2.75, 3.05) is 14.2 Å². The van der Waals surface area contributed by atoms with E-state index < -0.39 is 95.9 Å². The third-order valence-corrected chi connectivity index (χ3v) is 34.1. The van der Waals surface area contributed by atoms with Crippen LogP contribution in [-0.2, 0) is 50.1 Å². The fourth-order valence-electron chi connectivity index (χ4n) is 14.9. The van der Waals surface area contributed by atoms with Crippen molar-refractivity contribution in [1.29, 1.82) is 0 Å². The van der Waals surface area contributed by atoms with Gasteiger partial charge in [0.05, 0.1) is 89.7 Å². The van der Waals surface area contributed by atoms with Crippen molar-refractivity contribution in [3.63, 3.8) is 0 Å². The Bertz CT molecular complexity index is 8900. The van der Waals surface area contributed by atoms with Gasteiger partial charge in [-0.25, -0.2) is 76.9 Å². The van der Waals surface area contributed by atoms with Gasteiger partial charge in [-0.15, -0.1) is 13.2 Å². The molecule has 5 N–H and O–H groups in total. The number of fused-ring (bicyclic) bond motifs is 5. The number of aryl methyl sites for hydroxylation is 1. The summed E-state index contributed by atoms with van der Waals surface area (Å²) in [5, 5.41) is 55.5. The molecule has 19 rings (SSSR count). The van der Waals surface area contributed by atoms with Gasteiger partial charge in [0.2, 0.25) is 5.88 Å². The highest BCUT2D eigenvalue weighted by Gasteiger charge is 2.36. The Morgan fingerprint density at radius 2 is 0.641 bits per heavy atom. The maximum atomic E-state index is 13.7. The van der Waals surface area contributed by atoms with Crippen molar-refractivity contribution in [3.05, 3.63) is 348 Å². The monoisotopic (exact) mass is 2450 g/mol. The van der Waals surface area contributed by atoms with Crippen molar-refractivity contribution in [3.8, 4) is 91.2 Å². The minimum Gasteiger partial charge on any atom is -0.505 e. The fraction of sp³-hybridized carbons (Fsp3) is 0.0421. The quantitative estimate of drug-likeness (QED) is 0.0565. The Balaban J connectivity index is 0.000000134.